The molecule has 146 valence electrons. The molecule has 1 aliphatic carbocycles. The highest BCUT2D eigenvalue weighted by Crippen LogP contribution is 2.18. The molecular formula is C19H23FN2O5. The Bertz CT molecular complexity index is 729. The molecule has 0 radical (unpaired) electrons. The van der Waals surface area contributed by atoms with E-state index in [-0.39, 0.29) is 11.8 Å². The smallest absolute Gasteiger partial charge is 0.331 e. The molecule has 0 spiro atoms. The SMILES string of the molecule is COc1ccc(/C=C/C(=O)O[C@H](C)C(=O)NC(=O)NC2CCCC2)cc1F. The van der Waals surface area contributed by atoms with E-state index in [0.717, 1.165) is 31.8 Å². The average Bonchev–Trinajstić information content (AvgIpc) is 3.12. The maximum atomic E-state index is 13.6. The second-order valence-corrected chi connectivity index (χ2v) is 6.25. The number of amides is 3. The average molecular weight is 378 g/mol. The molecule has 0 unspecified atom stereocenters. The number of ether oxygens (including phenoxy) is 2. The summed E-state index contributed by atoms with van der Waals surface area (Å²) in [5.41, 5.74) is 0.429. The fourth-order valence-electron chi connectivity index (χ4n) is 2.72. The van der Waals surface area contributed by atoms with Gasteiger partial charge in [0, 0.05) is 12.1 Å². The van der Waals surface area contributed by atoms with Crippen LogP contribution >= 0.6 is 0 Å². The Hall–Kier alpha value is -2.90. The Balaban J connectivity index is 1.80. The van der Waals surface area contributed by atoms with Gasteiger partial charge in [-0.2, -0.15) is 0 Å². The van der Waals surface area contributed by atoms with Crippen molar-refractivity contribution < 1.29 is 28.2 Å². The Morgan fingerprint density at radius 1 is 1.26 bits per heavy atom. The lowest BCUT2D eigenvalue weighted by Gasteiger charge is -2.15. The predicted molar refractivity (Wildman–Crippen MR) is 96.5 cm³/mol. The summed E-state index contributed by atoms with van der Waals surface area (Å²) in [7, 11) is 1.35. The largest absolute Gasteiger partial charge is 0.494 e. The highest BCUT2D eigenvalue weighted by molar-refractivity contribution is 5.98. The number of benzene rings is 1. The number of hydrogen-bond acceptors (Lipinski definition) is 5. The van der Waals surface area contributed by atoms with E-state index >= 15 is 0 Å². The number of carbonyl (C=O) groups excluding carboxylic acids is 3. The molecular weight excluding hydrogens is 355 g/mol. The van der Waals surface area contributed by atoms with Crippen molar-refractivity contribution in [3.63, 3.8) is 0 Å². The molecule has 1 fully saturated rings. The zero-order chi connectivity index (χ0) is 19.8. The first-order valence-corrected chi connectivity index (χ1v) is 8.72. The first kappa shape index (κ1) is 20.4. The fourth-order valence-corrected chi connectivity index (χ4v) is 2.72. The van der Waals surface area contributed by atoms with Crippen LogP contribution in [0.4, 0.5) is 9.18 Å². The van der Waals surface area contributed by atoms with Crippen LogP contribution in [0.15, 0.2) is 24.3 Å². The maximum absolute atomic E-state index is 13.6. The van der Waals surface area contributed by atoms with E-state index in [1.807, 2.05) is 0 Å². The van der Waals surface area contributed by atoms with Gasteiger partial charge in [-0.15, -0.1) is 0 Å². The van der Waals surface area contributed by atoms with Gasteiger partial charge in [-0.25, -0.2) is 14.0 Å². The van der Waals surface area contributed by atoms with E-state index in [1.165, 1.54) is 32.2 Å². The molecule has 2 rings (SSSR count). The lowest BCUT2D eigenvalue weighted by molar-refractivity contribution is -0.149. The zero-order valence-electron chi connectivity index (χ0n) is 15.3. The van der Waals surface area contributed by atoms with E-state index in [0.29, 0.717) is 5.56 Å². The molecule has 0 bridgehead atoms. The van der Waals surface area contributed by atoms with Crippen molar-refractivity contribution >= 4 is 24.0 Å². The van der Waals surface area contributed by atoms with Crippen LogP contribution in [0.2, 0.25) is 0 Å². The van der Waals surface area contributed by atoms with Crippen LogP contribution in [0.5, 0.6) is 5.75 Å². The minimum absolute atomic E-state index is 0.0727. The first-order valence-electron chi connectivity index (χ1n) is 8.72. The normalized spacial score (nSPS) is 15.4. The van der Waals surface area contributed by atoms with Gasteiger partial charge in [0.15, 0.2) is 17.7 Å². The van der Waals surface area contributed by atoms with Crippen molar-refractivity contribution in [3.05, 3.63) is 35.7 Å². The monoisotopic (exact) mass is 378 g/mol. The third-order valence-electron chi connectivity index (χ3n) is 4.18. The standard InChI is InChI=1S/C19H23FN2O5/c1-12(18(24)22-19(25)21-14-5-3-4-6-14)27-17(23)10-8-13-7-9-16(26-2)15(20)11-13/h7-12,14H,3-6H2,1-2H3,(H2,21,22,24,25)/b10-8+/t12-/m1/s1. The molecule has 0 aromatic heterocycles. The van der Waals surface area contributed by atoms with Gasteiger partial charge >= 0.3 is 12.0 Å². The fraction of sp³-hybridized carbons (Fsp3) is 0.421. The topological polar surface area (TPSA) is 93.7 Å². The first-order chi connectivity index (χ1) is 12.9. The molecule has 1 atom stereocenters. The van der Waals surface area contributed by atoms with Crippen molar-refractivity contribution in [2.45, 2.75) is 44.8 Å². The third kappa shape index (κ3) is 6.40. The molecule has 3 amide bonds. The number of imide groups is 1. The van der Waals surface area contributed by atoms with E-state index < -0.39 is 29.8 Å². The van der Waals surface area contributed by atoms with Gasteiger partial charge in [0.25, 0.3) is 5.91 Å². The quantitative estimate of drug-likeness (QED) is 0.586. The number of halogens is 1. The number of methoxy groups -OCH3 is 1. The molecule has 7 nitrogen and oxygen atoms in total. The van der Waals surface area contributed by atoms with Crippen LogP contribution in [-0.2, 0) is 14.3 Å². The molecule has 1 aliphatic rings. The van der Waals surface area contributed by atoms with Crippen LogP contribution < -0.4 is 15.4 Å². The van der Waals surface area contributed by atoms with Gasteiger partial charge in [0.05, 0.1) is 7.11 Å². The molecule has 2 N–H and O–H groups in total. The number of esters is 1. The Labute approximate surface area is 156 Å². The summed E-state index contributed by atoms with van der Waals surface area (Å²) in [4.78, 5) is 35.5. The van der Waals surface area contributed by atoms with Gasteiger partial charge in [-0.3, -0.25) is 10.1 Å². The summed E-state index contributed by atoms with van der Waals surface area (Å²) in [5.74, 6) is -1.97. The number of nitrogens with one attached hydrogen (secondary N) is 2. The van der Waals surface area contributed by atoms with Gasteiger partial charge in [-0.1, -0.05) is 18.9 Å². The lowest BCUT2D eigenvalue weighted by atomic mass is 10.2. The van der Waals surface area contributed by atoms with Gasteiger partial charge in [0.2, 0.25) is 0 Å². The van der Waals surface area contributed by atoms with Gasteiger partial charge in [0.1, 0.15) is 0 Å². The van der Waals surface area contributed by atoms with Crippen molar-refractivity contribution in [1.29, 1.82) is 0 Å². The molecule has 27 heavy (non-hydrogen) atoms. The predicted octanol–water partition coefficient (Wildman–Crippen LogP) is 2.55. The Kier molecular flexibility index (Phi) is 7.34. The van der Waals surface area contributed by atoms with E-state index in [9.17, 15) is 18.8 Å². The second kappa shape index (κ2) is 9.70. The van der Waals surface area contributed by atoms with Crippen LogP contribution in [0.3, 0.4) is 0 Å². The van der Waals surface area contributed by atoms with E-state index in [2.05, 4.69) is 10.6 Å². The summed E-state index contributed by atoms with van der Waals surface area (Å²) in [5, 5.41) is 4.86. The van der Waals surface area contributed by atoms with E-state index in [4.69, 9.17) is 9.47 Å². The molecule has 0 aliphatic heterocycles. The Morgan fingerprint density at radius 2 is 1.96 bits per heavy atom. The number of carbonyl (C=O) groups is 3. The van der Waals surface area contributed by atoms with Gasteiger partial charge < -0.3 is 14.8 Å². The van der Waals surface area contributed by atoms with E-state index in [1.54, 1.807) is 6.07 Å². The molecule has 8 heteroatoms. The summed E-state index contributed by atoms with van der Waals surface area (Å²) in [6, 6.07) is 3.67. The molecule has 0 saturated heterocycles. The number of rotatable bonds is 6. The summed E-state index contributed by atoms with van der Waals surface area (Å²) in [6.07, 6.45) is 5.16. The number of urea groups is 1. The number of hydrogen-bond donors (Lipinski definition) is 2. The van der Waals surface area contributed by atoms with Crippen LogP contribution in [-0.4, -0.2) is 37.2 Å². The second-order valence-electron chi connectivity index (χ2n) is 6.25. The van der Waals surface area contributed by atoms with Crippen LogP contribution in [0.1, 0.15) is 38.2 Å². The third-order valence-corrected chi connectivity index (χ3v) is 4.18. The van der Waals surface area contributed by atoms with Crippen molar-refractivity contribution in [2.75, 3.05) is 7.11 Å². The molecule has 1 saturated carbocycles. The summed E-state index contributed by atoms with van der Waals surface area (Å²) in [6.45, 7) is 1.36. The lowest BCUT2D eigenvalue weighted by Crippen LogP contribution is -2.47. The molecule has 0 heterocycles. The minimum Gasteiger partial charge on any atom is -0.494 e. The van der Waals surface area contributed by atoms with Crippen molar-refractivity contribution in [1.82, 2.24) is 10.6 Å². The maximum Gasteiger partial charge on any atom is 0.331 e. The summed E-state index contributed by atoms with van der Waals surface area (Å²) < 4.78 is 23.3. The molecule has 1 aromatic carbocycles. The summed E-state index contributed by atoms with van der Waals surface area (Å²) >= 11 is 0. The van der Waals surface area contributed by atoms with Gasteiger partial charge in [-0.05, 0) is 43.5 Å². The van der Waals surface area contributed by atoms with Crippen LogP contribution in [0, 0.1) is 5.82 Å². The highest BCUT2D eigenvalue weighted by atomic mass is 19.1. The van der Waals surface area contributed by atoms with Crippen molar-refractivity contribution in [3.8, 4) is 5.75 Å². The van der Waals surface area contributed by atoms with Crippen LogP contribution in [0.25, 0.3) is 6.08 Å². The Morgan fingerprint density at radius 3 is 2.59 bits per heavy atom. The minimum atomic E-state index is -1.15. The highest BCUT2D eigenvalue weighted by Gasteiger charge is 2.22. The van der Waals surface area contributed by atoms with Crippen molar-refractivity contribution in [2.24, 2.45) is 0 Å². The molecule has 1 aromatic rings. The zero-order valence-corrected chi connectivity index (χ0v) is 15.3.